The molecule has 4 unspecified atom stereocenters. The van der Waals surface area contributed by atoms with Crippen LogP contribution >= 0.6 is 0 Å². The fourth-order valence-corrected chi connectivity index (χ4v) is 5.28. The molecule has 1 N–H and O–H groups in total. The third-order valence-corrected chi connectivity index (χ3v) is 6.59. The minimum Gasteiger partial charge on any atom is -0.388 e. The summed E-state index contributed by atoms with van der Waals surface area (Å²) in [5.74, 6) is -0.975. The molecule has 4 rings (SSSR count). The van der Waals surface area contributed by atoms with E-state index in [1.54, 1.807) is 30.5 Å². The molecule has 0 fully saturated rings. The van der Waals surface area contributed by atoms with Crippen LogP contribution in [0.25, 0.3) is 0 Å². The van der Waals surface area contributed by atoms with Gasteiger partial charge in [-0.1, -0.05) is 25.1 Å². The lowest BCUT2D eigenvalue weighted by Crippen LogP contribution is -2.48. The quantitative estimate of drug-likeness (QED) is 0.677. The van der Waals surface area contributed by atoms with Crippen molar-refractivity contribution in [3.8, 4) is 0 Å². The second-order valence-electron chi connectivity index (χ2n) is 9.45. The van der Waals surface area contributed by atoms with E-state index in [2.05, 4.69) is 13.0 Å². The van der Waals surface area contributed by atoms with Crippen LogP contribution < -0.4 is 4.48 Å². The average Bonchev–Trinajstić information content (AvgIpc) is 2.91. The van der Waals surface area contributed by atoms with E-state index < -0.39 is 17.7 Å². The minimum atomic E-state index is -0.977. The van der Waals surface area contributed by atoms with Crippen LogP contribution in [0.1, 0.15) is 43.5 Å². The zero-order chi connectivity index (χ0) is 21.7. The predicted octanol–water partition coefficient (Wildman–Crippen LogP) is 5.38. The normalized spacial score (nSPS) is 31.7. The first-order valence-electron chi connectivity index (χ1n) is 10.5. The number of hydrogen-bond acceptors (Lipinski definition) is 2. The van der Waals surface area contributed by atoms with E-state index in [4.69, 9.17) is 0 Å². The fraction of sp³-hybridized carbons (Fsp3) is 0.400. The van der Waals surface area contributed by atoms with Gasteiger partial charge in [0.25, 0.3) is 0 Å². The van der Waals surface area contributed by atoms with E-state index in [0.717, 1.165) is 24.8 Å². The Balaban J connectivity index is 1.74. The summed E-state index contributed by atoms with van der Waals surface area (Å²) in [7, 11) is 1.96. The number of Topliss-reactive ketones (excluding diaryl/α,β-unsaturated/α-hetero) is 1. The first kappa shape index (κ1) is 20.9. The topological polar surface area (TPSA) is 37.3 Å². The number of rotatable bonds is 3. The van der Waals surface area contributed by atoms with E-state index in [9.17, 15) is 18.7 Å². The molecule has 0 aromatic heterocycles. The SMILES string of the molecule is CC(O)C1=C[N+](C)(CC2CC=C3C=C(F)C=CC(C)(C3)C2)c2cccc(F)c2C1=O. The number of allylic oxidation sites excluding steroid dienone is 6. The van der Waals surface area contributed by atoms with E-state index in [-0.39, 0.29) is 32.8 Å². The van der Waals surface area contributed by atoms with Crippen molar-refractivity contribution >= 4 is 11.5 Å². The van der Waals surface area contributed by atoms with Crippen molar-refractivity contribution in [2.24, 2.45) is 11.3 Å². The number of fused-ring (bicyclic) bond motifs is 3. The second kappa shape index (κ2) is 7.40. The fourth-order valence-electron chi connectivity index (χ4n) is 5.28. The summed E-state index contributed by atoms with van der Waals surface area (Å²) < 4.78 is 28.8. The van der Waals surface area contributed by atoms with Crippen molar-refractivity contribution in [1.29, 1.82) is 0 Å². The molecule has 1 heterocycles. The van der Waals surface area contributed by atoms with Crippen molar-refractivity contribution in [2.75, 3.05) is 13.6 Å². The Morgan fingerprint density at radius 3 is 2.83 bits per heavy atom. The maximum atomic E-state index is 14.7. The van der Waals surface area contributed by atoms with E-state index in [0.29, 0.717) is 12.2 Å². The first-order valence-corrected chi connectivity index (χ1v) is 10.5. The number of nitrogens with zero attached hydrogens (tertiary/aromatic N) is 1. The molecule has 158 valence electrons. The summed E-state index contributed by atoms with van der Waals surface area (Å²) in [6, 6.07) is 4.72. The average molecular weight is 413 g/mol. The van der Waals surface area contributed by atoms with Crippen LogP contribution in [0, 0.1) is 17.2 Å². The van der Waals surface area contributed by atoms with E-state index >= 15 is 0 Å². The monoisotopic (exact) mass is 412 g/mol. The van der Waals surface area contributed by atoms with Crippen LogP contribution in [0.5, 0.6) is 0 Å². The molecule has 0 amide bonds. The van der Waals surface area contributed by atoms with Gasteiger partial charge in [0, 0.05) is 12.0 Å². The Hall–Kier alpha value is -2.37. The number of quaternary nitrogens is 1. The van der Waals surface area contributed by atoms with Gasteiger partial charge >= 0.3 is 0 Å². The molecule has 0 spiro atoms. The third kappa shape index (κ3) is 3.72. The Labute approximate surface area is 176 Å². The van der Waals surface area contributed by atoms with Crippen LogP contribution in [0.15, 0.2) is 65.7 Å². The number of aliphatic hydroxyl groups excluding tert-OH is 1. The highest BCUT2D eigenvalue weighted by Crippen LogP contribution is 2.44. The minimum absolute atomic E-state index is 0.0528. The molecule has 0 saturated carbocycles. The number of halogens is 2. The second-order valence-corrected chi connectivity index (χ2v) is 9.45. The molecule has 3 nitrogen and oxygen atoms in total. The van der Waals surface area contributed by atoms with Crippen LogP contribution in [-0.4, -0.2) is 30.6 Å². The number of benzene rings is 1. The summed E-state index contributed by atoms with van der Waals surface area (Å²) in [5, 5.41) is 10.2. The van der Waals surface area contributed by atoms with Crippen molar-refractivity contribution in [2.45, 2.75) is 39.2 Å². The number of hydrogen-bond donors (Lipinski definition) is 1. The molecule has 2 aliphatic carbocycles. The summed E-state index contributed by atoms with van der Waals surface area (Å²) in [4.78, 5) is 12.8. The zero-order valence-corrected chi connectivity index (χ0v) is 17.7. The van der Waals surface area contributed by atoms with Crippen LogP contribution in [0.2, 0.25) is 0 Å². The van der Waals surface area contributed by atoms with Gasteiger partial charge in [0.2, 0.25) is 5.78 Å². The van der Waals surface area contributed by atoms with Gasteiger partial charge in [0.1, 0.15) is 23.4 Å². The van der Waals surface area contributed by atoms with Crippen molar-refractivity contribution < 1.29 is 18.7 Å². The van der Waals surface area contributed by atoms with Gasteiger partial charge in [0.15, 0.2) is 5.69 Å². The van der Waals surface area contributed by atoms with Gasteiger partial charge in [-0.15, -0.1) is 0 Å². The Morgan fingerprint density at radius 2 is 2.10 bits per heavy atom. The summed E-state index contributed by atoms with van der Waals surface area (Å²) >= 11 is 0. The molecule has 1 aromatic rings. The molecule has 1 aliphatic heterocycles. The summed E-state index contributed by atoms with van der Waals surface area (Å²) in [6.45, 7) is 4.33. The largest absolute Gasteiger partial charge is 0.388 e. The van der Waals surface area contributed by atoms with E-state index in [1.807, 2.05) is 13.1 Å². The molecule has 1 aromatic carbocycles. The smallest absolute Gasteiger partial charge is 0.205 e. The van der Waals surface area contributed by atoms with Crippen LogP contribution in [0.4, 0.5) is 14.5 Å². The molecule has 4 atom stereocenters. The van der Waals surface area contributed by atoms with Gasteiger partial charge in [-0.05, 0) is 55.4 Å². The highest BCUT2D eigenvalue weighted by atomic mass is 19.1. The molecule has 2 bridgehead atoms. The van der Waals surface area contributed by atoms with Crippen LogP contribution in [-0.2, 0) is 0 Å². The Bertz CT molecular complexity index is 1020. The molecule has 5 heteroatoms. The summed E-state index contributed by atoms with van der Waals surface area (Å²) in [6.07, 6.45) is 10.5. The predicted molar refractivity (Wildman–Crippen MR) is 115 cm³/mol. The Morgan fingerprint density at radius 1 is 1.33 bits per heavy atom. The Kier molecular flexibility index (Phi) is 5.15. The third-order valence-electron chi connectivity index (χ3n) is 6.59. The van der Waals surface area contributed by atoms with Crippen molar-refractivity contribution in [1.82, 2.24) is 4.48 Å². The molecule has 30 heavy (non-hydrogen) atoms. The standard InChI is InChI=1S/C25H28F2NO2/c1-16(29)20-15-28(3,22-6-4-5-21(27)23(22)24(20)30)14-18-8-7-17-11-19(26)9-10-25(2,12-17)13-18/h4-7,9-11,15-16,18,29H,8,12-14H2,1-3H3/q+1. The molecular formula is C25H28F2NO2+. The molecular weight excluding hydrogens is 384 g/mol. The van der Waals surface area contributed by atoms with Gasteiger partial charge in [-0.25, -0.2) is 8.78 Å². The van der Waals surface area contributed by atoms with Gasteiger partial charge in [-0.2, -0.15) is 0 Å². The lowest BCUT2D eigenvalue weighted by molar-refractivity contribution is 0.0976. The summed E-state index contributed by atoms with van der Waals surface area (Å²) in [5.41, 5.74) is 1.74. The maximum Gasteiger partial charge on any atom is 0.205 e. The molecule has 0 saturated heterocycles. The highest BCUT2D eigenvalue weighted by Gasteiger charge is 2.42. The number of ketones is 1. The van der Waals surface area contributed by atoms with Crippen molar-refractivity contribution in [3.05, 3.63) is 77.1 Å². The lowest BCUT2D eigenvalue weighted by Gasteiger charge is -2.39. The maximum absolute atomic E-state index is 14.7. The van der Waals surface area contributed by atoms with E-state index in [1.165, 1.54) is 13.0 Å². The van der Waals surface area contributed by atoms with Crippen LogP contribution in [0.3, 0.4) is 0 Å². The van der Waals surface area contributed by atoms with Gasteiger partial charge in [0.05, 0.1) is 25.3 Å². The van der Waals surface area contributed by atoms with Crippen molar-refractivity contribution in [3.63, 3.8) is 0 Å². The van der Waals surface area contributed by atoms with Gasteiger partial charge in [-0.3, -0.25) is 9.28 Å². The number of aliphatic hydroxyl groups is 1. The highest BCUT2D eigenvalue weighted by molar-refractivity contribution is 6.14. The number of carbonyl (C=O) groups is 1. The lowest BCUT2D eigenvalue weighted by atomic mass is 9.77. The molecule has 0 radical (unpaired) electrons. The first-order chi connectivity index (χ1) is 14.1. The van der Waals surface area contributed by atoms with Gasteiger partial charge < -0.3 is 5.11 Å². The number of carbonyl (C=O) groups excluding carboxylic acids is 1. The zero-order valence-electron chi connectivity index (χ0n) is 17.7. The molecule has 3 aliphatic rings.